The average Bonchev–Trinajstić information content (AvgIpc) is 2.72. The lowest BCUT2D eigenvalue weighted by atomic mass is 10.3. The molecule has 0 aliphatic carbocycles. The molecule has 1 N–H and O–H groups in total. The molecule has 0 radical (unpaired) electrons. The zero-order valence-corrected chi connectivity index (χ0v) is 7.32. The Hall–Kier alpha value is -1.45. The van der Waals surface area contributed by atoms with E-state index in [1.54, 1.807) is 11.2 Å². The van der Waals surface area contributed by atoms with Crippen molar-refractivity contribution in [3.05, 3.63) is 24.2 Å². The SMILES string of the molecule is O=C1NCCN1CCc1ccco1. The van der Waals surface area contributed by atoms with Gasteiger partial charge in [-0.15, -0.1) is 0 Å². The fourth-order valence-corrected chi connectivity index (χ4v) is 1.42. The van der Waals surface area contributed by atoms with Crippen molar-refractivity contribution in [2.24, 2.45) is 0 Å². The van der Waals surface area contributed by atoms with Crippen molar-refractivity contribution < 1.29 is 9.21 Å². The molecule has 1 aromatic heterocycles. The Bertz CT molecular complexity index is 282. The molecule has 13 heavy (non-hydrogen) atoms. The Morgan fingerprint density at radius 3 is 3.15 bits per heavy atom. The third-order valence-corrected chi connectivity index (χ3v) is 2.15. The Labute approximate surface area is 76.5 Å². The summed E-state index contributed by atoms with van der Waals surface area (Å²) in [7, 11) is 0. The molecule has 70 valence electrons. The summed E-state index contributed by atoms with van der Waals surface area (Å²) in [6.45, 7) is 2.30. The van der Waals surface area contributed by atoms with Gasteiger partial charge in [0, 0.05) is 26.1 Å². The first kappa shape index (κ1) is 8.16. The summed E-state index contributed by atoms with van der Waals surface area (Å²) in [6, 6.07) is 3.82. The van der Waals surface area contributed by atoms with Crippen LogP contribution in [0.4, 0.5) is 4.79 Å². The van der Waals surface area contributed by atoms with Crippen LogP contribution < -0.4 is 5.32 Å². The summed E-state index contributed by atoms with van der Waals surface area (Å²) in [5.41, 5.74) is 0. The lowest BCUT2D eigenvalue weighted by Gasteiger charge is -2.12. The Morgan fingerprint density at radius 1 is 1.62 bits per heavy atom. The number of nitrogens with one attached hydrogen (secondary N) is 1. The van der Waals surface area contributed by atoms with Crippen molar-refractivity contribution in [2.75, 3.05) is 19.6 Å². The van der Waals surface area contributed by atoms with E-state index in [1.165, 1.54) is 0 Å². The van der Waals surface area contributed by atoms with Crippen molar-refractivity contribution in [2.45, 2.75) is 6.42 Å². The van der Waals surface area contributed by atoms with Crippen LogP contribution in [0.3, 0.4) is 0 Å². The van der Waals surface area contributed by atoms with E-state index in [0.29, 0.717) is 0 Å². The molecule has 4 heteroatoms. The highest BCUT2D eigenvalue weighted by molar-refractivity contribution is 5.76. The maximum Gasteiger partial charge on any atom is 0.317 e. The second-order valence-corrected chi connectivity index (χ2v) is 3.05. The van der Waals surface area contributed by atoms with Gasteiger partial charge < -0.3 is 14.6 Å². The third-order valence-electron chi connectivity index (χ3n) is 2.15. The zero-order valence-electron chi connectivity index (χ0n) is 7.32. The lowest BCUT2D eigenvalue weighted by Crippen LogP contribution is -2.29. The summed E-state index contributed by atoms with van der Waals surface area (Å²) in [6.07, 6.45) is 2.44. The number of carbonyl (C=O) groups excluding carboxylic acids is 1. The van der Waals surface area contributed by atoms with E-state index < -0.39 is 0 Å². The molecule has 0 spiro atoms. The van der Waals surface area contributed by atoms with Crippen molar-refractivity contribution in [1.29, 1.82) is 0 Å². The molecule has 1 aliphatic rings. The molecule has 0 aromatic carbocycles. The van der Waals surface area contributed by atoms with E-state index in [4.69, 9.17) is 4.42 Å². The van der Waals surface area contributed by atoms with E-state index in [9.17, 15) is 4.79 Å². The molecule has 2 rings (SSSR count). The van der Waals surface area contributed by atoms with E-state index in [0.717, 1.165) is 31.8 Å². The molecular weight excluding hydrogens is 168 g/mol. The van der Waals surface area contributed by atoms with Crippen molar-refractivity contribution in [3.63, 3.8) is 0 Å². The fraction of sp³-hybridized carbons (Fsp3) is 0.444. The van der Waals surface area contributed by atoms with Crippen LogP contribution in [0.25, 0.3) is 0 Å². The van der Waals surface area contributed by atoms with Crippen molar-refractivity contribution >= 4 is 6.03 Å². The molecule has 2 heterocycles. The standard InChI is InChI=1S/C9H12N2O2/c12-9-10-4-6-11(9)5-3-8-2-1-7-13-8/h1-2,7H,3-6H2,(H,10,12). The molecular formula is C9H12N2O2. The molecule has 0 unspecified atom stereocenters. The van der Waals surface area contributed by atoms with Crippen LogP contribution in [-0.2, 0) is 6.42 Å². The predicted molar refractivity (Wildman–Crippen MR) is 47.4 cm³/mol. The summed E-state index contributed by atoms with van der Waals surface area (Å²) in [5, 5.41) is 2.76. The van der Waals surface area contributed by atoms with Gasteiger partial charge in [-0.05, 0) is 12.1 Å². The van der Waals surface area contributed by atoms with Crippen LogP contribution in [0.1, 0.15) is 5.76 Å². The van der Waals surface area contributed by atoms with E-state index in [1.807, 2.05) is 12.1 Å². The van der Waals surface area contributed by atoms with Gasteiger partial charge in [-0.1, -0.05) is 0 Å². The largest absolute Gasteiger partial charge is 0.469 e. The number of hydrogen-bond donors (Lipinski definition) is 1. The fourth-order valence-electron chi connectivity index (χ4n) is 1.42. The second-order valence-electron chi connectivity index (χ2n) is 3.05. The molecule has 1 fully saturated rings. The van der Waals surface area contributed by atoms with Crippen LogP contribution in [0.15, 0.2) is 22.8 Å². The smallest absolute Gasteiger partial charge is 0.317 e. The first-order chi connectivity index (χ1) is 6.36. The Balaban J connectivity index is 1.82. The van der Waals surface area contributed by atoms with Crippen LogP contribution in [0.2, 0.25) is 0 Å². The number of nitrogens with zero attached hydrogens (tertiary/aromatic N) is 1. The molecule has 4 nitrogen and oxygen atoms in total. The maximum atomic E-state index is 11.1. The van der Waals surface area contributed by atoms with Gasteiger partial charge in [-0.25, -0.2) is 4.79 Å². The Morgan fingerprint density at radius 2 is 2.54 bits per heavy atom. The van der Waals surface area contributed by atoms with E-state index >= 15 is 0 Å². The Kier molecular flexibility index (Phi) is 2.21. The summed E-state index contributed by atoms with van der Waals surface area (Å²) in [4.78, 5) is 12.9. The molecule has 0 bridgehead atoms. The van der Waals surface area contributed by atoms with Gasteiger partial charge in [-0.2, -0.15) is 0 Å². The van der Waals surface area contributed by atoms with Crippen molar-refractivity contribution in [1.82, 2.24) is 10.2 Å². The van der Waals surface area contributed by atoms with Gasteiger partial charge in [0.05, 0.1) is 6.26 Å². The number of urea groups is 1. The minimum Gasteiger partial charge on any atom is -0.469 e. The van der Waals surface area contributed by atoms with E-state index in [-0.39, 0.29) is 6.03 Å². The van der Waals surface area contributed by atoms with Gasteiger partial charge in [0.25, 0.3) is 0 Å². The van der Waals surface area contributed by atoms with Gasteiger partial charge >= 0.3 is 6.03 Å². The van der Waals surface area contributed by atoms with Crippen LogP contribution in [-0.4, -0.2) is 30.6 Å². The zero-order chi connectivity index (χ0) is 9.10. The van der Waals surface area contributed by atoms with Crippen LogP contribution in [0, 0.1) is 0 Å². The predicted octanol–water partition coefficient (Wildman–Crippen LogP) is 0.847. The van der Waals surface area contributed by atoms with Crippen LogP contribution in [0.5, 0.6) is 0 Å². The van der Waals surface area contributed by atoms with Gasteiger partial charge in [0.15, 0.2) is 0 Å². The summed E-state index contributed by atoms with van der Waals surface area (Å²) in [5.74, 6) is 0.930. The monoisotopic (exact) mass is 180 g/mol. The lowest BCUT2D eigenvalue weighted by molar-refractivity contribution is 0.217. The molecule has 0 atom stereocenters. The second kappa shape index (κ2) is 3.51. The van der Waals surface area contributed by atoms with Gasteiger partial charge in [-0.3, -0.25) is 0 Å². The maximum absolute atomic E-state index is 11.1. The highest BCUT2D eigenvalue weighted by Gasteiger charge is 2.18. The summed E-state index contributed by atoms with van der Waals surface area (Å²) >= 11 is 0. The quantitative estimate of drug-likeness (QED) is 0.749. The molecule has 0 saturated carbocycles. The number of rotatable bonds is 3. The topological polar surface area (TPSA) is 45.5 Å². The number of hydrogen-bond acceptors (Lipinski definition) is 2. The van der Waals surface area contributed by atoms with E-state index in [2.05, 4.69) is 5.32 Å². The van der Waals surface area contributed by atoms with Crippen molar-refractivity contribution in [3.8, 4) is 0 Å². The third kappa shape index (κ3) is 1.83. The van der Waals surface area contributed by atoms with Gasteiger partial charge in [0.1, 0.15) is 5.76 Å². The molecule has 2 amide bonds. The van der Waals surface area contributed by atoms with Crippen LogP contribution >= 0.6 is 0 Å². The highest BCUT2D eigenvalue weighted by atomic mass is 16.3. The number of furan rings is 1. The first-order valence-electron chi connectivity index (χ1n) is 4.41. The molecule has 1 aromatic rings. The normalized spacial score (nSPS) is 16.3. The molecule has 1 aliphatic heterocycles. The number of amides is 2. The minimum absolute atomic E-state index is 0.0338. The van der Waals surface area contributed by atoms with Gasteiger partial charge in [0.2, 0.25) is 0 Å². The minimum atomic E-state index is 0.0338. The summed E-state index contributed by atoms with van der Waals surface area (Å²) < 4.78 is 5.17. The number of carbonyl (C=O) groups is 1. The molecule has 1 saturated heterocycles. The first-order valence-corrected chi connectivity index (χ1v) is 4.41. The highest BCUT2D eigenvalue weighted by Crippen LogP contribution is 2.04. The average molecular weight is 180 g/mol.